The van der Waals surface area contributed by atoms with Crippen molar-refractivity contribution in [1.29, 1.82) is 0 Å². The van der Waals surface area contributed by atoms with Crippen molar-refractivity contribution in [2.24, 2.45) is 5.92 Å². The van der Waals surface area contributed by atoms with Gasteiger partial charge in [0.05, 0.1) is 12.5 Å². The van der Waals surface area contributed by atoms with Crippen LogP contribution in [-0.2, 0) is 4.74 Å². The van der Waals surface area contributed by atoms with Crippen LogP contribution in [0.2, 0.25) is 0 Å². The van der Waals surface area contributed by atoms with Gasteiger partial charge in [-0.2, -0.15) is 0 Å². The Balaban J connectivity index is 1.69. The van der Waals surface area contributed by atoms with E-state index in [-0.39, 0.29) is 29.2 Å². The summed E-state index contributed by atoms with van der Waals surface area (Å²) in [6.07, 6.45) is -11.9. The van der Waals surface area contributed by atoms with Gasteiger partial charge in [0.25, 0.3) is 0 Å². The van der Waals surface area contributed by atoms with Crippen molar-refractivity contribution in [1.82, 2.24) is 0 Å². The highest BCUT2D eigenvalue weighted by atomic mass is 16.7. The smallest absolute Gasteiger partial charge is 0.229 e. The van der Waals surface area contributed by atoms with Crippen molar-refractivity contribution >= 4 is 5.78 Å². The lowest BCUT2D eigenvalue weighted by Gasteiger charge is -2.40. The van der Waals surface area contributed by atoms with Crippen LogP contribution in [0.25, 0.3) is 0 Å². The first-order chi connectivity index (χ1) is 22.1. The van der Waals surface area contributed by atoms with Gasteiger partial charge in [0.2, 0.25) is 6.29 Å². The molecule has 0 bridgehead atoms. The third kappa shape index (κ3) is 6.16. The maximum atomic E-state index is 13.6. The minimum atomic E-state index is -1.90. The maximum absolute atomic E-state index is 13.6. The predicted octanol–water partition coefficient (Wildman–Crippen LogP) is 0.954. The normalized spacial score (nSPS) is 27.2. The zero-order valence-electron chi connectivity index (χ0n) is 25.1. The van der Waals surface area contributed by atoms with Crippen LogP contribution in [0.3, 0.4) is 0 Å². The highest BCUT2D eigenvalue weighted by Gasteiger charge is 2.47. The Labute approximate surface area is 267 Å². The summed E-state index contributed by atoms with van der Waals surface area (Å²) < 4.78 is 17.0. The molecular formula is C32H36O15. The van der Waals surface area contributed by atoms with Gasteiger partial charge in [-0.15, -0.1) is 0 Å². The maximum Gasteiger partial charge on any atom is 0.229 e. The number of aromatic hydroxyl groups is 6. The van der Waals surface area contributed by atoms with Gasteiger partial charge in [-0.25, -0.2) is 0 Å². The fourth-order valence-corrected chi connectivity index (χ4v) is 5.94. The van der Waals surface area contributed by atoms with Crippen molar-refractivity contribution in [3.63, 3.8) is 0 Å². The summed E-state index contributed by atoms with van der Waals surface area (Å²) in [5, 5.41) is 116. The molecule has 0 saturated carbocycles. The first kappa shape index (κ1) is 33.8. The first-order valence-electron chi connectivity index (χ1n) is 14.7. The average Bonchev–Trinajstić information content (AvgIpc) is 2.99. The van der Waals surface area contributed by atoms with E-state index in [9.17, 15) is 61.0 Å². The van der Waals surface area contributed by atoms with Crippen molar-refractivity contribution < 1.29 is 75.2 Å². The number of ketones is 1. The van der Waals surface area contributed by atoms with Gasteiger partial charge >= 0.3 is 0 Å². The number of aliphatic hydroxyl groups is 5. The van der Waals surface area contributed by atoms with Crippen LogP contribution in [0.15, 0.2) is 36.4 Å². The fraction of sp³-hybridized carbons (Fsp3) is 0.406. The topological polar surface area (TPSA) is 267 Å². The number of phenols is 6. The molecule has 15 heteroatoms. The molecule has 0 aliphatic carbocycles. The van der Waals surface area contributed by atoms with E-state index in [4.69, 9.17) is 14.2 Å². The molecule has 0 aromatic heterocycles. The van der Waals surface area contributed by atoms with E-state index in [2.05, 4.69) is 0 Å². The lowest BCUT2D eigenvalue weighted by atomic mass is 9.78. The Bertz CT molecular complexity index is 1650. The Hall–Kier alpha value is -4.51. The van der Waals surface area contributed by atoms with Crippen LogP contribution in [-0.4, -0.2) is 105 Å². The molecule has 2 aliphatic rings. The molecule has 11 N–H and O–H groups in total. The van der Waals surface area contributed by atoms with E-state index in [1.165, 1.54) is 6.07 Å². The lowest BCUT2D eigenvalue weighted by Crippen LogP contribution is -2.60. The van der Waals surface area contributed by atoms with Gasteiger partial charge in [-0.3, -0.25) is 4.79 Å². The summed E-state index contributed by atoms with van der Waals surface area (Å²) >= 11 is 0. The molecule has 1 fully saturated rings. The second-order valence-corrected chi connectivity index (χ2v) is 12.0. The Morgan fingerprint density at radius 3 is 2.13 bits per heavy atom. The SMILES string of the molecule is CC(C)CC(=O)c1c(OC2OC(CO)C(O)C(O)C2O)cc(O)c(C2c3c(O)cc(O)cc3OC(c3ccc(O)c(O)c3)C2O)c1O. The first-order valence-corrected chi connectivity index (χ1v) is 14.7. The number of hydrogen-bond donors (Lipinski definition) is 11. The zero-order valence-corrected chi connectivity index (χ0v) is 25.1. The Kier molecular flexibility index (Phi) is 9.32. The number of phenolic OH excluding ortho intramolecular Hbond substituents is 6. The largest absolute Gasteiger partial charge is 0.508 e. The number of aliphatic hydroxyl groups excluding tert-OH is 5. The van der Waals surface area contributed by atoms with Gasteiger partial charge < -0.3 is 70.4 Å². The molecular weight excluding hydrogens is 624 g/mol. The predicted molar refractivity (Wildman–Crippen MR) is 159 cm³/mol. The Morgan fingerprint density at radius 2 is 1.49 bits per heavy atom. The summed E-state index contributed by atoms with van der Waals surface area (Å²) in [6, 6.07) is 6.49. The van der Waals surface area contributed by atoms with Gasteiger partial charge in [-0.1, -0.05) is 19.9 Å². The third-order valence-electron chi connectivity index (χ3n) is 8.21. The molecule has 0 amide bonds. The molecule has 3 aromatic carbocycles. The molecule has 15 nitrogen and oxygen atoms in total. The molecule has 8 unspecified atom stereocenters. The standard InChI is InChI=1S/C32H36O15/c1-11(2)5-16(37)23-20(46-32-30(44)29(43)26(40)21(10-33)47-32)9-18(39)24(27(23)41)25-22-17(38)7-13(34)8-19(22)45-31(28(25)42)12-3-4-14(35)15(36)6-12/h3-4,6-9,11,21,25-26,28-36,38-44H,5,10H2,1-2H3. The van der Waals surface area contributed by atoms with Crippen molar-refractivity contribution in [2.45, 2.75) is 69.1 Å². The number of carbonyl (C=O) groups excluding carboxylic acids is 1. The second-order valence-electron chi connectivity index (χ2n) is 12.0. The van der Waals surface area contributed by atoms with Gasteiger partial charge in [0.1, 0.15) is 70.6 Å². The number of Topliss-reactive ketones (excluding diaryl/α,β-unsaturated/α-hetero) is 1. The molecule has 2 aliphatic heterocycles. The lowest BCUT2D eigenvalue weighted by molar-refractivity contribution is -0.277. The highest BCUT2D eigenvalue weighted by molar-refractivity contribution is 6.02. The van der Waals surface area contributed by atoms with Crippen LogP contribution in [0.1, 0.15) is 59.3 Å². The molecule has 5 rings (SSSR count). The van der Waals surface area contributed by atoms with E-state index < -0.39 is 113 Å². The number of carbonyl (C=O) groups is 1. The van der Waals surface area contributed by atoms with Crippen molar-refractivity contribution in [3.05, 3.63) is 58.7 Å². The second kappa shape index (κ2) is 12.9. The van der Waals surface area contributed by atoms with E-state index in [1.54, 1.807) is 13.8 Å². The van der Waals surface area contributed by atoms with Crippen LogP contribution < -0.4 is 9.47 Å². The average molecular weight is 661 g/mol. The minimum absolute atomic E-state index is 0.115. The van der Waals surface area contributed by atoms with Gasteiger partial charge in [-0.05, 0) is 23.6 Å². The summed E-state index contributed by atoms with van der Waals surface area (Å²) in [4.78, 5) is 13.6. The van der Waals surface area contributed by atoms with Gasteiger partial charge in [0.15, 0.2) is 23.4 Å². The van der Waals surface area contributed by atoms with Crippen LogP contribution in [0.5, 0.6) is 46.0 Å². The molecule has 2 heterocycles. The third-order valence-corrected chi connectivity index (χ3v) is 8.21. The molecule has 8 atom stereocenters. The van der Waals surface area contributed by atoms with Crippen LogP contribution in [0.4, 0.5) is 0 Å². The summed E-state index contributed by atoms with van der Waals surface area (Å²) in [6.45, 7) is 2.66. The van der Waals surface area contributed by atoms with Crippen molar-refractivity contribution in [2.75, 3.05) is 6.61 Å². The van der Waals surface area contributed by atoms with E-state index >= 15 is 0 Å². The summed E-state index contributed by atoms with van der Waals surface area (Å²) in [7, 11) is 0. The zero-order chi connectivity index (χ0) is 34.5. The number of hydrogen-bond acceptors (Lipinski definition) is 15. The molecule has 0 spiro atoms. The summed E-state index contributed by atoms with van der Waals surface area (Å²) in [5.41, 5.74) is -1.07. The number of ether oxygens (including phenoxy) is 3. The molecule has 254 valence electrons. The number of rotatable bonds is 8. The molecule has 0 radical (unpaired) electrons. The van der Waals surface area contributed by atoms with Crippen LogP contribution >= 0.6 is 0 Å². The molecule has 1 saturated heterocycles. The molecule has 47 heavy (non-hydrogen) atoms. The quantitative estimate of drug-likeness (QED) is 0.119. The fourth-order valence-electron chi connectivity index (χ4n) is 5.94. The molecule has 3 aromatic rings. The van der Waals surface area contributed by atoms with Crippen molar-refractivity contribution in [3.8, 4) is 46.0 Å². The monoisotopic (exact) mass is 660 g/mol. The van der Waals surface area contributed by atoms with E-state index in [1.807, 2.05) is 0 Å². The number of benzene rings is 3. The summed E-state index contributed by atoms with van der Waals surface area (Å²) in [5.74, 6) is -6.98. The highest BCUT2D eigenvalue weighted by Crippen LogP contribution is 2.55. The Morgan fingerprint density at radius 1 is 0.809 bits per heavy atom. The number of fused-ring (bicyclic) bond motifs is 1. The minimum Gasteiger partial charge on any atom is -0.508 e. The van der Waals surface area contributed by atoms with E-state index in [0.29, 0.717) is 0 Å². The van der Waals surface area contributed by atoms with Gasteiger partial charge in [0, 0.05) is 35.7 Å². The van der Waals surface area contributed by atoms with E-state index in [0.717, 1.165) is 30.3 Å². The van der Waals surface area contributed by atoms with Crippen LogP contribution in [0, 0.1) is 5.92 Å².